The lowest BCUT2D eigenvalue weighted by Crippen LogP contribution is -2.28. The number of anilines is 1. The van der Waals surface area contributed by atoms with E-state index in [1.165, 1.54) is 11.3 Å². The first kappa shape index (κ1) is 15.0. The molecule has 2 heterocycles. The highest BCUT2D eigenvalue weighted by Crippen LogP contribution is 2.26. The zero-order valence-electron chi connectivity index (χ0n) is 11.4. The summed E-state index contributed by atoms with van der Waals surface area (Å²) in [5.74, 6) is 0.462. The molecule has 0 atom stereocenters. The molecule has 5 nitrogen and oxygen atoms in total. The molecule has 2 N–H and O–H groups in total. The van der Waals surface area contributed by atoms with E-state index in [2.05, 4.69) is 27.3 Å². The molecule has 0 saturated heterocycles. The van der Waals surface area contributed by atoms with Gasteiger partial charge in [-0.25, -0.2) is 4.52 Å². The van der Waals surface area contributed by atoms with Crippen LogP contribution in [0.1, 0.15) is 0 Å². The predicted molar refractivity (Wildman–Crippen MR) is 95.7 cm³/mol. The zero-order chi connectivity index (χ0) is 15.5. The van der Waals surface area contributed by atoms with E-state index >= 15 is 0 Å². The van der Waals surface area contributed by atoms with Crippen molar-refractivity contribution in [3.8, 4) is 11.3 Å². The lowest BCUT2D eigenvalue weighted by atomic mass is 10.2. The first-order chi connectivity index (χ1) is 10.7. The summed E-state index contributed by atoms with van der Waals surface area (Å²) in [5, 5.41) is 13.5. The van der Waals surface area contributed by atoms with Crippen molar-refractivity contribution < 1.29 is 0 Å². The summed E-state index contributed by atoms with van der Waals surface area (Å²) in [6, 6.07) is 7.61. The van der Waals surface area contributed by atoms with Gasteiger partial charge in [0.1, 0.15) is 0 Å². The number of halogens is 1. The molecule has 112 valence electrons. The van der Waals surface area contributed by atoms with Crippen molar-refractivity contribution in [2.45, 2.75) is 0 Å². The van der Waals surface area contributed by atoms with Crippen LogP contribution in [0, 0.1) is 0 Å². The van der Waals surface area contributed by atoms with Gasteiger partial charge in [-0.05, 0) is 24.4 Å². The maximum Gasteiger partial charge on any atom is 0.250 e. The minimum absolute atomic E-state index is 0.462. The molecule has 0 unspecified atom stereocenters. The summed E-state index contributed by atoms with van der Waals surface area (Å²) >= 11 is 12.6. The monoisotopic (exact) mass is 349 g/mol. The van der Waals surface area contributed by atoms with Gasteiger partial charge in [0.15, 0.2) is 5.11 Å². The molecule has 0 spiro atoms. The quantitative estimate of drug-likeness (QED) is 0.557. The average Bonchev–Trinajstić information content (AvgIpc) is 3.06. The third-order valence-electron chi connectivity index (χ3n) is 2.85. The van der Waals surface area contributed by atoms with E-state index in [4.69, 9.17) is 23.8 Å². The Hall–Kier alpha value is -1.96. The van der Waals surface area contributed by atoms with Crippen LogP contribution < -0.4 is 10.6 Å². The van der Waals surface area contributed by atoms with Crippen molar-refractivity contribution in [2.24, 2.45) is 0 Å². The van der Waals surface area contributed by atoms with Gasteiger partial charge in [-0.1, -0.05) is 29.8 Å². The molecule has 3 rings (SSSR count). The number of nitrogens with zero attached hydrogens (tertiary/aromatic N) is 3. The number of rotatable bonds is 4. The SMILES string of the molecule is C=CCNC(=S)Nc1nc2scc(-c3ccc(Cl)cc3)n2n1. The first-order valence-corrected chi connectivity index (χ1v) is 8.10. The smallest absolute Gasteiger partial charge is 0.250 e. The van der Waals surface area contributed by atoms with Gasteiger partial charge < -0.3 is 5.32 Å². The van der Waals surface area contributed by atoms with E-state index in [1.54, 1.807) is 10.6 Å². The second-order valence-electron chi connectivity index (χ2n) is 4.38. The maximum absolute atomic E-state index is 5.92. The topological polar surface area (TPSA) is 54.2 Å². The van der Waals surface area contributed by atoms with Crippen LogP contribution in [0.25, 0.3) is 16.2 Å². The molecule has 22 heavy (non-hydrogen) atoms. The molecule has 2 aromatic heterocycles. The van der Waals surface area contributed by atoms with E-state index in [1.807, 2.05) is 29.6 Å². The molecular formula is C14H12ClN5S2. The van der Waals surface area contributed by atoms with E-state index in [-0.39, 0.29) is 0 Å². The van der Waals surface area contributed by atoms with Gasteiger partial charge in [-0.3, -0.25) is 5.32 Å². The standard InChI is InChI=1S/C14H12ClN5S2/c1-2-7-16-13(21)17-12-18-14-20(19-12)11(8-22-14)9-3-5-10(15)6-4-9/h2-6,8H,1,7H2,(H2,16,17,19,21). The van der Waals surface area contributed by atoms with Crippen molar-refractivity contribution in [2.75, 3.05) is 11.9 Å². The normalized spacial score (nSPS) is 10.6. The summed E-state index contributed by atoms with van der Waals surface area (Å²) in [6.45, 7) is 4.21. The number of hydrogen-bond donors (Lipinski definition) is 2. The van der Waals surface area contributed by atoms with E-state index in [9.17, 15) is 0 Å². The van der Waals surface area contributed by atoms with Crippen LogP contribution in [0.2, 0.25) is 5.02 Å². The van der Waals surface area contributed by atoms with E-state index in [0.717, 1.165) is 16.2 Å². The van der Waals surface area contributed by atoms with Gasteiger partial charge in [0.2, 0.25) is 10.9 Å². The lowest BCUT2D eigenvalue weighted by Gasteiger charge is -2.04. The van der Waals surface area contributed by atoms with Crippen molar-refractivity contribution in [1.82, 2.24) is 19.9 Å². The molecule has 0 aliphatic carbocycles. The fourth-order valence-corrected chi connectivity index (χ4v) is 3.00. The van der Waals surface area contributed by atoms with Gasteiger partial charge in [-0.2, -0.15) is 4.98 Å². The number of hydrogen-bond acceptors (Lipinski definition) is 4. The van der Waals surface area contributed by atoms with Crippen LogP contribution in [-0.4, -0.2) is 26.3 Å². The molecule has 0 fully saturated rings. The molecule has 0 aliphatic rings. The summed E-state index contributed by atoms with van der Waals surface area (Å²) < 4.78 is 1.78. The summed E-state index contributed by atoms with van der Waals surface area (Å²) in [7, 11) is 0. The van der Waals surface area contributed by atoms with Gasteiger partial charge in [-0.15, -0.1) is 23.0 Å². The van der Waals surface area contributed by atoms with E-state index in [0.29, 0.717) is 22.6 Å². The highest BCUT2D eigenvalue weighted by molar-refractivity contribution is 7.80. The number of nitrogens with one attached hydrogen (secondary N) is 2. The van der Waals surface area contributed by atoms with Crippen LogP contribution >= 0.6 is 35.2 Å². The zero-order valence-corrected chi connectivity index (χ0v) is 13.8. The Labute approximate surface area is 141 Å². The van der Waals surface area contributed by atoms with Crippen molar-refractivity contribution in [3.63, 3.8) is 0 Å². The molecule has 0 amide bonds. The Morgan fingerprint density at radius 1 is 1.41 bits per heavy atom. The Kier molecular flexibility index (Phi) is 4.37. The largest absolute Gasteiger partial charge is 0.359 e. The van der Waals surface area contributed by atoms with Crippen LogP contribution in [0.15, 0.2) is 42.3 Å². The van der Waals surface area contributed by atoms with Gasteiger partial charge in [0.05, 0.1) is 5.69 Å². The minimum atomic E-state index is 0.462. The van der Waals surface area contributed by atoms with Crippen molar-refractivity contribution in [1.29, 1.82) is 0 Å². The maximum atomic E-state index is 5.92. The Morgan fingerprint density at radius 3 is 2.91 bits per heavy atom. The summed E-state index contributed by atoms with van der Waals surface area (Å²) in [5.41, 5.74) is 1.99. The fourth-order valence-electron chi connectivity index (χ4n) is 1.86. The molecule has 8 heteroatoms. The van der Waals surface area contributed by atoms with Crippen LogP contribution in [0.3, 0.4) is 0 Å². The third-order valence-corrected chi connectivity index (χ3v) is 4.17. The van der Waals surface area contributed by atoms with Gasteiger partial charge in [0.25, 0.3) is 0 Å². The summed E-state index contributed by atoms with van der Waals surface area (Å²) in [6.07, 6.45) is 1.73. The lowest BCUT2D eigenvalue weighted by molar-refractivity contribution is 0.985. The Balaban J connectivity index is 1.86. The molecular weight excluding hydrogens is 338 g/mol. The third kappa shape index (κ3) is 3.11. The Morgan fingerprint density at radius 2 is 2.18 bits per heavy atom. The van der Waals surface area contributed by atoms with Gasteiger partial charge >= 0.3 is 0 Å². The molecule has 3 aromatic rings. The van der Waals surface area contributed by atoms with Crippen molar-refractivity contribution >= 4 is 51.2 Å². The van der Waals surface area contributed by atoms with E-state index < -0.39 is 0 Å². The number of thiocarbonyl (C=S) groups is 1. The molecule has 0 bridgehead atoms. The van der Waals surface area contributed by atoms with Crippen LogP contribution in [-0.2, 0) is 0 Å². The number of benzene rings is 1. The molecule has 0 aliphatic heterocycles. The Bertz CT molecular complexity index is 821. The second kappa shape index (κ2) is 6.43. The fraction of sp³-hybridized carbons (Fsp3) is 0.0714. The number of thiazole rings is 1. The molecule has 0 radical (unpaired) electrons. The highest BCUT2D eigenvalue weighted by Gasteiger charge is 2.12. The second-order valence-corrected chi connectivity index (χ2v) is 6.06. The first-order valence-electron chi connectivity index (χ1n) is 6.43. The van der Waals surface area contributed by atoms with Crippen LogP contribution in [0.4, 0.5) is 5.95 Å². The van der Waals surface area contributed by atoms with Crippen molar-refractivity contribution in [3.05, 3.63) is 47.3 Å². The number of fused-ring (bicyclic) bond motifs is 1. The highest BCUT2D eigenvalue weighted by atomic mass is 35.5. The van der Waals surface area contributed by atoms with Crippen LogP contribution in [0.5, 0.6) is 0 Å². The molecule has 1 aromatic carbocycles. The molecule has 0 saturated carbocycles. The predicted octanol–water partition coefficient (Wildman–Crippen LogP) is 3.58. The van der Waals surface area contributed by atoms with Gasteiger partial charge in [0, 0.05) is 22.5 Å². The summed E-state index contributed by atoms with van der Waals surface area (Å²) in [4.78, 5) is 5.20. The average molecular weight is 350 g/mol. The minimum Gasteiger partial charge on any atom is -0.359 e. The number of aromatic nitrogens is 3.